The van der Waals surface area contributed by atoms with E-state index in [1.807, 2.05) is 13.8 Å². The Balaban J connectivity index is 2.37. The molecule has 0 aliphatic carbocycles. The average Bonchev–Trinajstić information content (AvgIpc) is 2.47. The smallest absolute Gasteiger partial charge is 0.353 e. The highest BCUT2D eigenvalue weighted by Crippen LogP contribution is 2.32. The van der Waals surface area contributed by atoms with Gasteiger partial charge in [-0.2, -0.15) is 13.2 Å². The molecule has 1 unspecified atom stereocenters. The van der Waals surface area contributed by atoms with Crippen LogP contribution >= 0.6 is 0 Å². The molecule has 1 N–H and O–H groups in total. The highest BCUT2D eigenvalue weighted by Gasteiger charge is 2.40. The summed E-state index contributed by atoms with van der Waals surface area (Å²) >= 11 is 0. The van der Waals surface area contributed by atoms with Crippen LogP contribution in [0.1, 0.15) is 36.3 Å². The predicted molar refractivity (Wildman–Crippen MR) is 76.5 cm³/mol. The molecule has 1 aromatic heterocycles. The van der Waals surface area contributed by atoms with E-state index in [1.54, 1.807) is 0 Å². The van der Waals surface area contributed by atoms with Crippen molar-refractivity contribution in [3.63, 3.8) is 0 Å². The van der Waals surface area contributed by atoms with E-state index in [-0.39, 0.29) is 24.9 Å². The molecular formula is C15H18F3N3O2. The zero-order valence-electron chi connectivity index (χ0n) is 12.9. The van der Waals surface area contributed by atoms with Crippen LogP contribution < -0.4 is 5.32 Å². The van der Waals surface area contributed by atoms with Gasteiger partial charge in [0.2, 0.25) is 5.91 Å². The Morgan fingerprint density at radius 1 is 1.48 bits per heavy atom. The molecule has 2 amide bonds. The van der Waals surface area contributed by atoms with Gasteiger partial charge in [0.25, 0.3) is 5.91 Å². The van der Waals surface area contributed by atoms with Crippen molar-refractivity contribution in [1.82, 2.24) is 15.2 Å². The van der Waals surface area contributed by atoms with Gasteiger partial charge in [0.15, 0.2) is 0 Å². The summed E-state index contributed by atoms with van der Waals surface area (Å²) in [5, 5.41) is 2.64. The van der Waals surface area contributed by atoms with Gasteiger partial charge < -0.3 is 10.2 Å². The maximum absolute atomic E-state index is 13.1. The second-order valence-electron chi connectivity index (χ2n) is 5.83. The molecule has 0 saturated carbocycles. The van der Waals surface area contributed by atoms with Crippen molar-refractivity contribution in [3.05, 3.63) is 29.6 Å². The number of nitrogens with one attached hydrogen (secondary N) is 1. The van der Waals surface area contributed by atoms with Gasteiger partial charge >= 0.3 is 6.18 Å². The number of nitrogens with zero attached hydrogens (tertiary/aromatic N) is 2. The van der Waals surface area contributed by atoms with Gasteiger partial charge in [-0.25, -0.2) is 0 Å². The lowest BCUT2D eigenvalue weighted by Crippen LogP contribution is -2.57. The minimum atomic E-state index is -4.68. The van der Waals surface area contributed by atoms with Gasteiger partial charge in [0, 0.05) is 19.3 Å². The zero-order valence-corrected chi connectivity index (χ0v) is 12.9. The molecule has 0 spiro atoms. The Morgan fingerprint density at radius 2 is 2.17 bits per heavy atom. The van der Waals surface area contributed by atoms with Gasteiger partial charge in [-0.3, -0.25) is 14.6 Å². The van der Waals surface area contributed by atoms with E-state index < -0.39 is 29.4 Å². The number of aromatic nitrogens is 1. The fourth-order valence-electron chi connectivity index (χ4n) is 2.58. The van der Waals surface area contributed by atoms with Crippen molar-refractivity contribution in [3.8, 4) is 0 Å². The van der Waals surface area contributed by atoms with E-state index in [4.69, 9.17) is 0 Å². The minimum Gasteiger partial charge on any atom is -0.353 e. The summed E-state index contributed by atoms with van der Waals surface area (Å²) in [7, 11) is 0. The van der Waals surface area contributed by atoms with Crippen LogP contribution in [0.15, 0.2) is 18.3 Å². The summed E-state index contributed by atoms with van der Waals surface area (Å²) < 4.78 is 39.2. The summed E-state index contributed by atoms with van der Waals surface area (Å²) in [5.41, 5.74) is -1.75. The predicted octanol–water partition coefficient (Wildman–Crippen LogP) is 2.09. The van der Waals surface area contributed by atoms with Crippen LogP contribution in [0.3, 0.4) is 0 Å². The quantitative estimate of drug-likeness (QED) is 0.924. The molecule has 1 fully saturated rings. The summed E-state index contributed by atoms with van der Waals surface area (Å²) in [6.07, 6.45) is -3.15. The van der Waals surface area contributed by atoms with Crippen molar-refractivity contribution < 1.29 is 22.8 Å². The monoisotopic (exact) mass is 329 g/mol. The van der Waals surface area contributed by atoms with E-state index in [1.165, 1.54) is 4.90 Å². The van der Waals surface area contributed by atoms with Crippen molar-refractivity contribution in [2.45, 2.75) is 32.5 Å². The van der Waals surface area contributed by atoms with Gasteiger partial charge in [-0.15, -0.1) is 0 Å². The molecule has 5 nitrogen and oxygen atoms in total. The van der Waals surface area contributed by atoms with Crippen LogP contribution in [0.2, 0.25) is 0 Å². The van der Waals surface area contributed by atoms with Crippen molar-refractivity contribution >= 4 is 11.8 Å². The van der Waals surface area contributed by atoms with Gasteiger partial charge in [0.05, 0.1) is 5.56 Å². The Bertz CT molecular complexity index is 602. The van der Waals surface area contributed by atoms with Crippen molar-refractivity contribution in [2.24, 2.45) is 5.92 Å². The molecule has 2 heterocycles. The number of pyridine rings is 1. The second kappa shape index (κ2) is 6.55. The van der Waals surface area contributed by atoms with Crippen molar-refractivity contribution in [1.29, 1.82) is 0 Å². The Hall–Kier alpha value is -2.12. The fourth-order valence-corrected chi connectivity index (χ4v) is 2.58. The van der Waals surface area contributed by atoms with E-state index in [0.29, 0.717) is 6.42 Å². The Morgan fingerprint density at radius 3 is 2.78 bits per heavy atom. The lowest BCUT2D eigenvalue weighted by Gasteiger charge is -2.36. The van der Waals surface area contributed by atoms with Gasteiger partial charge in [-0.05, 0) is 24.5 Å². The Labute approximate surface area is 131 Å². The molecular weight excluding hydrogens is 311 g/mol. The third-order valence-electron chi connectivity index (χ3n) is 3.60. The third kappa shape index (κ3) is 3.80. The number of alkyl halides is 3. The summed E-state index contributed by atoms with van der Waals surface area (Å²) in [5.74, 6) is -1.09. The molecule has 126 valence electrons. The standard InChI is InChI=1S/C15H18F3N3O2/c1-9(2)8-11-13(22)20-6-7-21(11)14(23)12-10(15(16,17)18)4-3-5-19-12/h3-5,9,11H,6-8H2,1-2H3,(H,20,22). The van der Waals surface area contributed by atoms with Crippen LogP contribution in [0.4, 0.5) is 13.2 Å². The number of hydrogen-bond acceptors (Lipinski definition) is 3. The number of halogens is 3. The topological polar surface area (TPSA) is 62.3 Å². The van der Waals surface area contributed by atoms with Crippen LogP contribution in [0.5, 0.6) is 0 Å². The molecule has 0 bridgehead atoms. The Kier molecular flexibility index (Phi) is 4.91. The van der Waals surface area contributed by atoms with Crippen molar-refractivity contribution in [2.75, 3.05) is 13.1 Å². The van der Waals surface area contributed by atoms with E-state index in [2.05, 4.69) is 10.3 Å². The van der Waals surface area contributed by atoms with E-state index in [0.717, 1.165) is 18.3 Å². The lowest BCUT2D eigenvalue weighted by molar-refractivity contribution is -0.138. The fraction of sp³-hybridized carbons (Fsp3) is 0.533. The zero-order chi connectivity index (χ0) is 17.2. The molecule has 1 aromatic rings. The maximum atomic E-state index is 13.1. The second-order valence-corrected chi connectivity index (χ2v) is 5.83. The van der Waals surface area contributed by atoms with Crippen LogP contribution in [0, 0.1) is 5.92 Å². The van der Waals surface area contributed by atoms with Crippen LogP contribution in [-0.4, -0.2) is 40.8 Å². The molecule has 8 heteroatoms. The number of hydrogen-bond donors (Lipinski definition) is 1. The molecule has 0 radical (unpaired) electrons. The van der Waals surface area contributed by atoms with Gasteiger partial charge in [-0.1, -0.05) is 13.8 Å². The number of piperazine rings is 1. The average molecular weight is 329 g/mol. The molecule has 0 aromatic carbocycles. The number of amides is 2. The molecule has 1 atom stereocenters. The SMILES string of the molecule is CC(C)CC1C(=O)NCCN1C(=O)c1ncccc1C(F)(F)F. The molecule has 1 aliphatic rings. The van der Waals surface area contributed by atoms with Crippen LogP contribution in [-0.2, 0) is 11.0 Å². The lowest BCUT2D eigenvalue weighted by atomic mass is 9.99. The summed E-state index contributed by atoms with van der Waals surface area (Å²) in [6, 6.07) is 1.18. The first-order valence-electron chi connectivity index (χ1n) is 7.32. The normalized spacial score (nSPS) is 19.0. The highest BCUT2D eigenvalue weighted by molar-refractivity contribution is 5.98. The van der Waals surface area contributed by atoms with E-state index >= 15 is 0 Å². The summed E-state index contributed by atoms with van der Waals surface area (Å²) in [6.45, 7) is 4.14. The van der Waals surface area contributed by atoms with Gasteiger partial charge in [0.1, 0.15) is 11.7 Å². The first kappa shape index (κ1) is 17.2. The number of rotatable bonds is 3. The first-order valence-corrected chi connectivity index (χ1v) is 7.32. The van der Waals surface area contributed by atoms with E-state index in [9.17, 15) is 22.8 Å². The maximum Gasteiger partial charge on any atom is 0.418 e. The number of carbonyl (C=O) groups is 2. The highest BCUT2D eigenvalue weighted by atomic mass is 19.4. The summed E-state index contributed by atoms with van der Waals surface area (Å²) in [4.78, 5) is 29.4. The number of carbonyl (C=O) groups excluding carboxylic acids is 2. The molecule has 2 rings (SSSR count). The van der Waals surface area contributed by atoms with Crippen LogP contribution in [0.25, 0.3) is 0 Å². The first-order chi connectivity index (χ1) is 10.7. The molecule has 23 heavy (non-hydrogen) atoms. The largest absolute Gasteiger partial charge is 0.418 e. The molecule has 1 aliphatic heterocycles. The minimum absolute atomic E-state index is 0.116. The third-order valence-corrected chi connectivity index (χ3v) is 3.60. The molecule has 1 saturated heterocycles.